The topological polar surface area (TPSA) is 111 Å². The van der Waals surface area contributed by atoms with Crippen LogP contribution in [0.5, 0.6) is 17.2 Å². The molecule has 234 valence electrons. The number of amides is 1. The van der Waals surface area contributed by atoms with Crippen LogP contribution in [0.1, 0.15) is 34.8 Å². The van der Waals surface area contributed by atoms with Gasteiger partial charge in [-0.05, 0) is 53.6 Å². The van der Waals surface area contributed by atoms with Gasteiger partial charge in [0.15, 0.2) is 23.1 Å². The van der Waals surface area contributed by atoms with Crippen molar-refractivity contribution in [3.8, 4) is 17.2 Å². The molecule has 0 spiro atoms. The number of nitrogens with zero attached hydrogens (tertiary/aromatic N) is 1. The minimum atomic E-state index is -1.36. The predicted molar refractivity (Wildman–Crippen MR) is 176 cm³/mol. The first-order valence-corrected chi connectivity index (χ1v) is 15.4. The lowest BCUT2D eigenvalue weighted by atomic mass is 9.82. The van der Waals surface area contributed by atoms with Gasteiger partial charge in [0, 0.05) is 41.6 Å². The van der Waals surface area contributed by atoms with E-state index in [-0.39, 0.29) is 18.9 Å². The maximum Gasteiger partial charge on any atom is 0.266 e. The van der Waals surface area contributed by atoms with Crippen molar-refractivity contribution in [2.24, 2.45) is 4.99 Å². The Kier molecular flexibility index (Phi) is 10.7. The fourth-order valence-corrected chi connectivity index (χ4v) is 5.67. The van der Waals surface area contributed by atoms with Crippen LogP contribution >= 0.6 is 15.9 Å². The second kappa shape index (κ2) is 15.1. The molecule has 10 heteroatoms. The number of methoxy groups -OCH3 is 2. The summed E-state index contributed by atoms with van der Waals surface area (Å²) >= 11 is 3.68. The normalized spacial score (nSPS) is 17.2. The van der Waals surface area contributed by atoms with E-state index in [2.05, 4.69) is 26.8 Å². The zero-order chi connectivity index (χ0) is 31.6. The number of hydrazine groups is 1. The Labute approximate surface area is 271 Å². The number of nitrogens with one attached hydrogen (secondary N) is 2. The number of rotatable bonds is 14. The average Bonchev–Trinajstić information content (AvgIpc) is 3.45. The smallest absolute Gasteiger partial charge is 0.266 e. The number of hydrogen-bond acceptors (Lipinski definition) is 8. The molecule has 4 aromatic rings. The third-order valence-electron chi connectivity index (χ3n) is 7.48. The van der Waals surface area contributed by atoms with Crippen molar-refractivity contribution < 1.29 is 28.8 Å². The Hall–Kier alpha value is -4.38. The molecule has 0 aromatic heterocycles. The quantitative estimate of drug-likeness (QED) is 0.119. The molecule has 0 saturated heterocycles. The van der Waals surface area contributed by atoms with E-state index in [4.69, 9.17) is 29.0 Å². The van der Waals surface area contributed by atoms with Gasteiger partial charge in [0.05, 0.1) is 20.8 Å². The number of aliphatic hydroxyl groups is 1. The van der Waals surface area contributed by atoms with E-state index in [1.54, 1.807) is 14.2 Å². The molecule has 0 saturated carbocycles. The molecule has 45 heavy (non-hydrogen) atoms. The fraction of sp³-hybridized carbons (Fsp3) is 0.257. The minimum Gasteiger partial charge on any atom is -0.494 e. The highest BCUT2D eigenvalue weighted by Crippen LogP contribution is 2.44. The molecule has 1 heterocycles. The summed E-state index contributed by atoms with van der Waals surface area (Å²) in [5.74, 6) is 1.90. The number of ether oxygens (including phenoxy) is 4. The van der Waals surface area contributed by atoms with Crippen LogP contribution in [0.3, 0.4) is 0 Å². The number of aliphatic hydroxyl groups excluding tert-OH is 1. The molecule has 9 nitrogen and oxygen atoms in total. The standard InChI is InChI=1S/C35H36BrN3O6/c1-42-30-18-13-25(21-31(30)43-2)23-37-39-34(41)35(22-24-9-4-3-5-10-24)32(28-11-6-7-12-29(28)36)45-33(38-35)26-14-16-27(17-15-26)44-20-8-19-40/h3-7,9-18,21,32,37,40H,8,19-20,22-23H2,1-2H3,(H,39,41)/t32-,35-/m0/s1. The largest absolute Gasteiger partial charge is 0.494 e. The Bertz CT molecular complexity index is 1620. The summed E-state index contributed by atoms with van der Waals surface area (Å²) in [6.45, 7) is 0.810. The second-order valence-corrected chi connectivity index (χ2v) is 11.3. The lowest BCUT2D eigenvalue weighted by molar-refractivity contribution is -0.130. The summed E-state index contributed by atoms with van der Waals surface area (Å²) in [6, 6.07) is 30.4. The average molecular weight is 675 g/mol. The van der Waals surface area contributed by atoms with Crippen LogP contribution in [0.25, 0.3) is 0 Å². The third-order valence-corrected chi connectivity index (χ3v) is 8.20. The van der Waals surface area contributed by atoms with Crippen molar-refractivity contribution in [3.05, 3.63) is 124 Å². The minimum absolute atomic E-state index is 0.0634. The number of carbonyl (C=O) groups is 1. The van der Waals surface area contributed by atoms with Crippen LogP contribution in [0.4, 0.5) is 0 Å². The van der Waals surface area contributed by atoms with Crippen LogP contribution in [0, 0.1) is 0 Å². The molecular weight excluding hydrogens is 638 g/mol. The zero-order valence-electron chi connectivity index (χ0n) is 25.2. The molecule has 0 bridgehead atoms. The first-order chi connectivity index (χ1) is 22.0. The first kappa shape index (κ1) is 32.0. The van der Waals surface area contributed by atoms with Crippen LogP contribution in [0.2, 0.25) is 0 Å². The maximum absolute atomic E-state index is 14.4. The van der Waals surface area contributed by atoms with Gasteiger partial charge in [0.1, 0.15) is 5.75 Å². The van der Waals surface area contributed by atoms with Crippen LogP contribution in [0.15, 0.2) is 107 Å². The summed E-state index contributed by atoms with van der Waals surface area (Å²) in [4.78, 5) is 19.5. The van der Waals surface area contributed by atoms with Crippen molar-refractivity contribution in [2.45, 2.75) is 31.0 Å². The van der Waals surface area contributed by atoms with E-state index in [0.29, 0.717) is 48.3 Å². The summed E-state index contributed by atoms with van der Waals surface area (Å²) < 4.78 is 23.9. The van der Waals surface area contributed by atoms with Crippen LogP contribution in [-0.2, 0) is 22.5 Å². The number of halogens is 1. The van der Waals surface area contributed by atoms with E-state index >= 15 is 0 Å². The molecule has 1 aliphatic rings. The molecule has 2 atom stereocenters. The Morgan fingerprint density at radius 2 is 1.67 bits per heavy atom. The molecule has 0 fully saturated rings. The molecule has 1 amide bonds. The van der Waals surface area contributed by atoms with Gasteiger partial charge in [-0.1, -0.05) is 70.5 Å². The van der Waals surface area contributed by atoms with Crippen molar-refractivity contribution in [2.75, 3.05) is 27.4 Å². The molecule has 0 aliphatic carbocycles. The lowest BCUT2D eigenvalue weighted by Crippen LogP contribution is -2.53. The van der Waals surface area contributed by atoms with Gasteiger partial charge in [0.25, 0.3) is 5.91 Å². The summed E-state index contributed by atoms with van der Waals surface area (Å²) in [7, 11) is 3.17. The highest BCUT2D eigenvalue weighted by molar-refractivity contribution is 9.10. The van der Waals surface area contributed by atoms with Crippen LogP contribution < -0.4 is 25.1 Å². The number of carbonyl (C=O) groups excluding carboxylic acids is 1. The molecule has 0 radical (unpaired) electrons. The zero-order valence-corrected chi connectivity index (χ0v) is 26.8. The van der Waals surface area contributed by atoms with Gasteiger partial charge in [-0.15, -0.1) is 0 Å². The SMILES string of the molecule is COc1ccc(CNNC(=O)[C@@]2(Cc3ccccc3)N=C(c3ccc(OCCCO)cc3)O[C@H]2c2ccccc2Br)cc1OC. The summed E-state index contributed by atoms with van der Waals surface area (Å²) in [6.07, 6.45) is 0.0874. The monoisotopic (exact) mass is 673 g/mol. The Morgan fingerprint density at radius 3 is 2.38 bits per heavy atom. The van der Waals surface area contributed by atoms with Crippen LogP contribution in [-0.4, -0.2) is 49.9 Å². The Balaban J connectivity index is 1.49. The van der Waals surface area contributed by atoms with E-state index in [0.717, 1.165) is 21.2 Å². The van der Waals surface area contributed by atoms with Crippen molar-refractivity contribution in [3.63, 3.8) is 0 Å². The number of hydrogen-bond donors (Lipinski definition) is 3. The van der Waals surface area contributed by atoms with Gasteiger partial charge in [-0.2, -0.15) is 0 Å². The van der Waals surface area contributed by atoms with E-state index in [1.807, 2.05) is 97.1 Å². The fourth-order valence-electron chi connectivity index (χ4n) is 5.18. The Morgan fingerprint density at radius 1 is 0.933 bits per heavy atom. The maximum atomic E-state index is 14.4. The van der Waals surface area contributed by atoms with Crippen molar-refractivity contribution >= 4 is 27.7 Å². The summed E-state index contributed by atoms with van der Waals surface area (Å²) in [5.41, 5.74) is 7.98. The van der Waals surface area contributed by atoms with E-state index in [9.17, 15) is 4.79 Å². The molecule has 0 unspecified atom stereocenters. The molecule has 1 aliphatic heterocycles. The van der Waals surface area contributed by atoms with Gasteiger partial charge in [0.2, 0.25) is 5.90 Å². The molecular formula is C35H36BrN3O6. The first-order valence-electron chi connectivity index (χ1n) is 14.6. The van der Waals surface area contributed by atoms with E-state index in [1.165, 1.54) is 0 Å². The van der Waals surface area contributed by atoms with Gasteiger partial charge >= 0.3 is 0 Å². The van der Waals surface area contributed by atoms with Gasteiger partial charge in [-0.25, -0.2) is 10.4 Å². The molecule has 4 aromatic carbocycles. The highest BCUT2D eigenvalue weighted by Gasteiger charge is 2.53. The highest BCUT2D eigenvalue weighted by atomic mass is 79.9. The van der Waals surface area contributed by atoms with Crippen molar-refractivity contribution in [1.82, 2.24) is 10.9 Å². The number of benzene rings is 4. The van der Waals surface area contributed by atoms with Crippen molar-refractivity contribution in [1.29, 1.82) is 0 Å². The second-order valence-electron chi connectivity index (χ2n) is 10.5. The number of aliphatic imine (C=N–C) groups is 1. The lowest BCUT2D eigenvalue weighted by Gasteiger charge is -2.31. The molecule has 3 N–H and O–H groups in total. The summed E-state index contributed by atoms with van der Waals surface area (Å²) in [5, 5.41) is 9.06. The predicted octanol–water partition coefficient (Wildman–Crippen LogP) is 5.55. The third kappa shape index (κ3) is 7.47. The van der Waals surface area contributed by atoms with Gasteiger partial charge in [-0.3, -0.25) is 10.2 Å². The molecule has 5 rings (SSSR count). The van der Waals surface area contributed by atoms with E-state index < -0.39 is 11.6 Å². The van der Waals surface area contributed by atoms with Gasteiger partial charge < -0.3 is 24.1 Å².